The van der Waals surface area contributed by atoms with Crippen LogP contribution in [0.3, 0.4) is 0 Å². The summed E-state index contributed by atoms with van der Waals surface area (Å²) in [5, 5.41) is 23.7. The Balaban J connectivity index is 2.49. The van der Waals surface area contributed by atoms with Gasteiger partial charge < -0.3 is 10.4 Å². The Morgan fingerprint density at radius 3 is 2.65 bits per heavy atom. The van der Waals surface area contributed by atoms with Crippen LogP contribution in [0.25, 0.3) is 0 Å². The van der Waals surface area contributed by atoms with E-state index >= 15 is 0 Å². The Labute approximate surface area is 100 Å². The van der Waals surface area contributed by atoms with E-state index in [0.29, 0.717) is 6.42 Å². The van der Waals surface area contributed by atoms with Crippen molar-refractivity contribution < 1.29 is 9.95 Å². The van der Waals surface area contributed by atoms with Gasteiger partial charge in [-0.2, -0.15) is 4.74 Å². The Bertz CT molecular complexity index is 464. The summed E-state index contributed by atoms with van der Waals surface area (Å²) in [6.07, 6.45) is 1.95. The monoisotopic (exact) mass is 232 g/mol. The molecule has 17 heavy (non-hydrogen) atoms. The highest BCUT2D eigenvalue weighted by Crippen LogP contribution is 2.34. The first-order valence-corrected chi connectivity index (χ1v) is 5.63. The maximum atomic E-state index is 12.2. The molecule has 0 fully saturated rings. The molecule has 90 valence electrons. The highest BCUT2D eigenvalue weighted by molar-refractivity contribution is 6.02. The van der Waals surface area contributed by atoms with Gasteiger partial charge in [0.05, 0.1) is 5.41 Å². The number of rotatable bonds is 2. The van der Waals surface area contributed by atoms with E-state index in [1.54, 1.807) is 0 Å². The van der Waals surface area contributed by atoms with Crippen molar-refractivity contribution in [2.24, 2.45) is 10.6 Å². The second kappa shape index (κ2) is 4.20. The van der Waals surface area contributed by atoms with Gasteiger partial charge in [0.25, 0.3) is 0 Å². The third kappa shape index (κ3) is 2.02. The van der Waals surface area contributed by atoms with Gasteiger partial charge >= 0.3 is 0 Å². The van der Waals surface area contributed by atoms with Gasteiger partial charge in [-0.25, -0.2) is 0 Å². The minimum Gasteiger partial charge on any atom is -0.623 e. The van der Waals surface area contributed by atoms with Crippen molar-refractivity contribution in [1.82, 2.24) is 0 Å². The average molecular weight is 232 g/mol. The molecule has 0 amide bonds. The SMILES string of the molecule is CC1(C)C[C@H](C=NO)[N+]([O-])=C1c1ccccc1. The van der Waals surface area contributed by atoms with Gasteiger partial charge in [-0.15, -0.1) is 0 Å². The van der Waals surface area contributed by atoms with E-state index in [1.165, 1.54) is 6.21 Å². The summed E-state index contributed by atoms with van der Waals surface area (Å²) in [6, 6.07) is 9.24. The molecule has 1 aromatic carbocycles. The molecular formula is C13H16N2O2. The van der Waals surface area contributed by atoms with E-state index in [1.807, 2.05) is 44.2 Å². The molecule has 1 atom stereocenters. The van der Waals surface area contributed by atoms with Crippen molar-refractivity contribution in [2.45, 2.75) is 26.3 Å². The second-order valence-corrected chi connectivity index (χ2v) is 4.96. The zero-order valence-corrected chi connectivity index (χ0v) is 10.00. The molecule has 1 aliphatic heterocycles. The molecule has 1 heterocycles. The zero-order valence-electron chi connectivity index (χ0n) is 10.00. The highest BCUT2D eigenvalue weighted by Gasteiger charge is 2.44. The van der Waals surface area contributed by atoms with Crippen molar-refractivity contribution in [2.75, 3.05) is 0 Å². The van der Waals surface area contributed by atoms with E-state index in [-0.39, 0.29) is 11.5 Å². The van der Waals surface area contributed by atoms with Crippen molar-refractivity contribution in [3.8, 4) is 0 Å². The lowest BCUT2D eigenvalue weighted by atomic mass is 9.82. The molecule has 1 N–H and O–H groups in total. The van der Waals surface area contributed by atoms with E-state index in [4.69, 9.17) is 5.21 Å². The van der Waals surface area contributed by atoms with E-state index in [9.17, 15) is 5.21 Å². The van der Waals surface area contributed by atoms with Crippen LogP contribution in [0.1, 0.15) is 25.8 Å². The molecule has 0 radical (unpaired) electrons. The first-order chi connectivity index (χ1) is 8.06. The van der Waals surface area contributed by atoms with Crippen LogP contribution in [-0.4, -0.2) is 27.9 Å². The number of hydrogen-bond acceptors (Lipinski definition) is 3. The molecule has 0 aliphatic carbocycles. The number of oxime groups is 1. The fraction of sp³-hybridized carbons (Fsp3) is 0.385. The van der Waals surface area contributed by atoms with Gasteiger partial charge in [-0.3, -0.25) is 0 Å². The molecule has 0 saturated heterocycles. The molecule has 0 aromatic heterocycles. The van der Waals surface area contributed by atoms with Gasteiger partial charge in [0.1, 0.15) is 6.21 Å². The van der Waals surface area contributed by atoms with Gasteiger partial charge in [-0.1, -0.05) is 23.4 Å². The minimum atomic E-state index is -0.384. The van der Waals surface area contributed by atoms with Crippen LogP contribution in [0.15, 0.2) is 35.5 Å². The summed E-state index contributed by atoms with van der Waals surface area (Å²) in [6.45, 7) is 4.07. The minimum absolute atomic E-state index is 0.213. The number of benzene rings is 1. The lowest BCUT2D eigenvalue weighted by Gasteiger charge is -2.15. The zero-order chi connectivity index (χ0) is 12.5. The molecule has 1 aromatic rings. The predicted molar refractivity (Wildman–Crippen MR) is 66.6 cm³/mol. The summed E-state index contributed by atoms with van der Waals surface area (Å²) < 4.78 is 0.953. The molecule has 0 spiro atoms. The molecule has 4 nitrogen and oxygen atoms in total. The largest absolute Gasteiger partial charge is 0.623 e. The third-order valence-corrected chi connectivity index (χ3v) is 3.17. The van der Waals surface area contributed by atoms with Crippen LogP contribution >= 0.6 is 0 Å². The first kappa shape index (κ1) is 11.6. The molecule has 4 heteroatoms. The number of hydroxylamine groups is 1. The molecule has 0 bridgehead atoms. The lowest BCUT2D eigenvalue weighted by Crippen LogP contribution is -2.24. The topological polar surface area (TPSA) is 58.7 Å². The van der Waals surface area contributed by atoms with Crippen LogP contribution < -0.4 is 0 Å². The Kier molecular flexibility index (Phi) is 2.88. The van der Waals surface area contributed by atoms with E-state index < -0.39 is 0 Å². The molecule has 0 unspecified atom stereocenters. The van der Waals surface area contributed by atoms with Crippen molar-refractivity contribution in [3.05, 3.63) is 41.1 Å². The van der Waals surface area contributed by atoms with Gasteiger partial charge in [0, 0.05) is 12.0 Å². The number of nitrogens with zero attached hydrogens (tertiary/aromatic N) is 2. The van der Waals surface area contributed by atoms with Gasteiger partial charge in [0.15, 0.2) is 0 Å². The molecule has 0 saturated carbocycles. The van der Waals surface area contributed by atoms with Crippen molar-refractivity contribution >= 4 is 11.9 Å². The summed E-state index contributed by atoms with van der Waals surface area (Å²) >= 11 is 0. The van der Waals surface area contributed by atoms with Crippen LogP contribution in [0, 0.1) is 10.6 Å². The van der Waals surface area contributed by atoms with Crippen LogP contribution in [0.5, 0.6) is 0 Å². The average Bonchev–Trinajstić information content (AvgIpc) is 2.51. The lowest BCUT2D eigenvalue weighted by molar-refractivity contribution is -0.470. The predicted octanol–water partition coefficient (Wildman–Crippen LogP) is 2.24. The fourth-order valence-corrected chi connectivity index (χ4v) is 2.47. The van der Waals surface area contributed by atoms with E-state index in [2.05, 4.69) is 5.16 Å². The Morgan fingerprint density at radius 2 is 2.06 bits per heavy atom. The molecule has 2 rings (SSSR count). The van der Waals surface area contributed by atoms with E-state index in [0.717, 1.165) is 16.0 Å². The molecule has 1 aliphatic rings. The fourth-order valence-electron chi connectivity index (χ4n) is 2.47. The second-order valence-electron chi connectivity index (χ2n) is 4.96. The first-order valence-electron chi connectivity index (χ1n) is 5.63. The smallest absolute Gasteiger partial charge is 0.203 e. The Hall–Kier alpha value is -1.84. The van der Waals surface area contributed by atoms with Crippen molar-refractivity contribution in [3.63, 3.8) is 0 Å². The maximum absolute atomic E-state index is 12.2. The summed E-state index contributed by atoms with van der Waals surface area (Å²) in [7, 11) is 0. The van der Waals surface area contributed by atoms with Gasteiger partial charge in [0.2, 0.25) is 11.8 Å². The quantitative estimate of drug-likeness (QED) is 0.279. The standard InChI is InChI=1S/C13H16N2O2/c1-13(2)8-11(9-14-16)15(17)12(13)10-6-4-3-5-7-10/h3-7,9,11,16H,8H2,1-2H3/t11-/m1/s1. The van der Waals surface area contributed by atoms with Crippen LogP contribution in [0.4, 0.5) is 0 Å². The molecular weight excluding hydrogens is 216 g/mol. The maximum Gasteiger partial charge on any atom is 0.203 e. The van der Waals surface area contributed by atoms with Crippen LogP contribution in [-0.2, 0) is 0 Å². The normalized spacial score (nSPS) is 23.5. The summed E-state index contributed by atoms with van der Waals surface area (Å²) in [5.74, 6) is 0. The Morgan fingerprint density at radius 1 is 1.41 bits per heavy atom. The van der Waals surface area contributed by atoms with Crippen molar-refractivity contribution in [1.29, 1.82) is 0 Å². The number of hydrogen-bond donors (Lipinski definition) is 1. The van der Waals surface area contributed by atoms with Crippen LogP contribution in [0.2, 0.25) is 0 Å². The summed E-state index contributed by atoms with van der Waals surface area (Å²) in [5.41, 5.74) is 1.47. The third-order valence-electron chi connectivity index (χ3n) is 3.17. The van der Waals surface area contributed by atoms with Gasteiger partial charge in [-0.05, 0) is 26.0 Å². The summed E-state index contributed by atoms with van der Waals surface area (Å²) in [4.78, 5) is 0. The highest BCUT2D eigenvalue weighted by atomic mass is 16.5.